The molecular formula is C46H48IrN2OSi-2. The molecule has 1 radical (unpaired) electrons. The van der Waals surface area contributed by atoms with Crippen molar-refractivity contribution in [3.63, 3.8) is 0 Å². The zero-order chi connectivity index (χ0) is 40.8. The van der Waals surface area contributed by atoms with Crippen molar-refractivity contribution in [2.45, 2.75) is 73.4 Å². The van der Waals surface area contributed by atoms with Gasteiger partial charge in [-0.15, -0.1) is 54.1 Å². The molecule has 7 aromatic rings. The van der Waals surface area contributed by atoms with Gasteiger partial charge in [0.2, 0.25) is 0 Å². The van der Waals surface area contributed by atoms with Crippen LogP contribution in [0.15, 0.2) is 114 Å². The van der Waals surface area contributed by atoms with Crippen molar-refractivity contribution in [1.82, 2.24) is 9.97 Å². The maximum Gasteiger partial charge on any atom is 0.121 e. The van der Waals surface area contributed by atoms with Gasteiger partial charge in [-0.2, -0.15) is 0 Å². The summed E-state index contributed by atoms with van der Waals surface area (Å²) in [5.74, 6) is -1.10. The molecule has 0 atom stereocenters. The molecule has 0 aliphatic rings. The van der Waals surface area contributed by atoms with Gasteiger partial charge in [-0.3, -0.25) is 0 Å². The molecule has 51 heavy (non-hydrogen) atoms. The maximum absolute atomic E-state index is 8.75. The van der Waals surface area contributed by atoms with E-state index in [1.165, 1.54) is 6.20 Å². The summed E-state index contributed by atoms with van der Waals surface area (Å²) in [6, 6.07) is 37.8. The minimum Gasteiger partial charge on any atom is -0.501 e. The van der Waals surface area contributed by atoms with Crippen LogP contribution in [0.25, 0.3) is 55.6 Å². The summed E-state index contributed by atoms with van der Waals surface area (Å²) in [5.41, 5.74) is 7.24. The number of benzene rings is 4. The van der Waals surface area contributed by atoms with Gasteiger partial charge in [-0.1, -0.05) is 125 Å². The summed E-state index contributed by atoms with van der Waals surface area (Å²) in [7, 11) is -1.70. The number of aromatic nitrogens is 2. The average molecular weight is 871 g/mol. The third-order valence-electron chi connectivity index (χ3n) is 8.45. The van der Waals surface area contributed by atoms with Crippen LogP contribution in [-0.4, -0.2) is 18.0 Å². The molecule has 4 aromatic carbocycles. The Kier molecular flexibility index (Phi) is 9.33. The van der Waals surface area contributed by atoms with Crippen LogP contribution in [0.5, 0.6) is 0 Å². The molecule has 0 N–H and O–H groups in total. The molecule has 0 aliphatic heterocycles. The number of rotatable bonds is 6. The van der Waals surface area contributed by atoms with Crippen molar-refractivity contribution in [1.29, 1.82) is 0 Å². The van der Waals surface area contributed by atoms with Crippen molar-refractivity contribution < 1.29 is 32.7 Å². The van der Waals surface area contributed by atoms with Gasteiger partial charge in [0.1, 0.15) is 5.58 Å². The third kappa shape index (κ3) is 8.84. The maximum atomic E-state index is 8.75. The van der Waals surface area contributed by atoms with Crippen LogP contribution in [0.4, 0.5) is 0 Å². The van der Waals surface area contributed by atoms with Gasteiger partial charge in [-0.05, 0) is 69.4 Å². The van der Waals surface area contributed by atoms with E-state index in [9.17, 15) is 0 Å². The van der Waals surface area contributed by atoms with E-state index >= 15 is 0 Å². The fourth-order valence-electron chi connectivity index (χ4n) is 6.01. The van der Waals surface area contributed by atoms with Gasteiger partial charge in [0.25, 0.3) is 0 Å². The van der Waals surface area contributed by atoms with Crippen molar-refractivity contribution in [2.24, 2.45) is 5.41 Å². The molecular weight excluding hydrogens is 817 g/mol. The van der Waals surface area contributed by atoms with E-state index in [-0.39, 0.29) is 25.7 Å². The second-order valence-corrected chi connectivity index (χ2v) is 19.9. The zero-order valence-corrected chi connectivity index (χ0v) is 33.9. The van der Waals surface area contributed by atoms with Crippen LogP contribution < -0.4 is 5.19 Å². The third-order valence-corrected chi connectivity index (χ3v) is 10.5. The van der Waals surface area contributed by atoms with Crippen molar-refractivity contribution in [3.8, 4) is 33.6 Å². The molecule has 3 aromatic heterocycles. The second-order valence-electron chi connectivity index (χ2n) is 14.9. The van der Waals surface area contributed by atoms with Crippen LogP contribution in [0.1, 0.15) is 65.4 Å². The molecule has 263 valence electrons. The number of pyridine rings is 2. The van der Waals surface area contributed by atoms with Gasteiger partial charge in [-0.25, -0.2) is 0 Å². The average Bonchev–Trinajstić information content (AvgIpc) is 3.52. The Labute approximate surface area is 327 Å². The van der Waals surface area contributed by atoms with E-state index in [0.29, 0.717) is 22.4 Å². The molecule has 0 saturated carbocycles. The summed E-state index contributed by atoms with van der Waals surface area (Å²) in [6.45, 7) is 13.6. The van der Waals surface area contributed by atoms with Gasteiger partial charge >= 0.3 is 0 Å². The first-order valence-corrected chi connectivity index (χ1v) is 20.5. The molecule has 3 nitrogen and oxygen atoms in total. The van der Waals surface area contributed by atoms with E-state index in [1.54, 1.807) is 19.9 Å². The van der Waals surface area contributed by atoms with Gasteiger partial charge < -0.3 is 14.4 Å². The Morgan fingerprint density at radius 3 is 2.24 bits per heavy atom. The molecule has 7 rings (SSSR count). The number of aryl methyl sites for hydroxylation is 1. The number of hydrogen-bond acceptors (Lipinski definition) is 3. The predicted molar refractivity (Wildman–Crippen MR) is 215 cm³/mol. The fraction of sp³-hybridized carbons (Fsp3) is 0.261. The molecule has 0 amide bonds. The van der Waals surface area contributed by atoms with Crippen molar-refractivity contribution >= 4 is 35.2 Å². The summed E-state index contributed by atoms with van der Waals surface area (Å²) >= 11 is 0. The van der Waals surface area contributed by atoms with Crippen LogP contribution in [-0.2, 0) is 26.5 Å². The predicted octanol–water partition coefficient (Wildman–Crippen LogP) is 12.2. The van der Waals surface area contributed by atoms with Gasteiger partial charge in [0.05, 0.1) is 13.7 Å². The van der Waals surface area contributed by atoms with Crippen molar-refractivity contribution in [2.75, 3.05) is 0 Å². The number of nitrogens with zero attached hydrogens (tertiary/aromatic N) is 2. The Bertz CT molecular complexity index is 2500. The first kappa shape index (κ1) is 30.5. The SMILES string of the molecule is [2H]C([2H])([2H])c1cnc(-c2[c-]ccc3c2oc2cc(-c4ccccc4)ccc23)cc1C([2H])(C)C.[2H]C([2H])(c1cc(-c2[c-]cccc2)ncc1[Si](C)(C)C)C(C)(C)C.[Ir]. The molecule has 0 aliphatic carbocycles. The first-order valence-electron chi connectivity index (χ1n) is 20.0. The second kappa shape index (κ2) is 15.6. The Balaban J connectivity index is 0.000000229. The molecule has 0 fully saturated rings. The molecule has 0 bridgehead atoms. The van der Waals surface area contributed by atoms with Crippen LogP contribution in [0, 0.1) is 24.4 Å². The van der Waals surface area contributed by atoms with E-state index in [2.05, 4.69) is 66.0 Å². The molecule has 0 unspecified atom stereocenters. The van der Waals surface area contributed by atoms with Crippen LogP contribution in [0.2, 0.25) is 19.6 Å². The number of furan rings is 1. The van der Waals surface area contributed by atoms with E-state index in [1.807, 2.05) is 93.7 Å². The molecule has 3 heterocycles. The van der Waals surface area contributed by atoms with E-state index < -0.39 is 32.6 Å². The first-order chi connectivity index (χ1) is 26.1. The summed E-state index contributed by atoms with van der Waals surface area (Å²) in [5, 5.41) is 3.02. The van der Waals surface area contributed by atoms with Gasteiger partial charge in [0.15, 0.2) is 0 Å². The molecule has 0 saturated heterocycles. The Morgan fingerprint density at radius 2 is 1.57 bits per heavy atom. The van der Waals surface area contributed by atoms with Crippen molar-refractivity contribution in [3.05, 3.63) is 138 Å². The number of hydrogen-bond donors (Lipinski definition) is 0. The monoisotopic (exact) mass is 871 g/mol. The van der Waals surface area contributed by atoms with Crippen LogP contribution >= 0.6 is 0 Å². The smallest absolute Gasteiger partial charge is 0.121 e. The minimum atomic E-state index is -2.35. The van der Waals surface area contributed by atoms with Gasteiger partial charge in [0, 0.05) is 46.1 Å². The van der Waals surface area contributed by atoms with E-state index in [4.69, 9.17) is 12.6 Å². The molecule has 5 heteroatoms. The summed E-state index contributed by atoms with van der Waals surface area (Å²) in [4.78, 5) is 9.05. The number of fused-ring (bicyclic) bond motifs is 3. The molecule has 0 spiro atoms. The Morgan fingerprint density at radius 1 is 0.824 bits per heavy atom. The summed E-state index contributed by atoms with van der Waals surface area (Å²) in [6.07, 6.45) is 1.83. The normalized spacial score (nSPS) is 14.2. The minimum absolute atomic E-state index is 0. The summed E-state index contributed by atoms with van der Waals surface area (Å²) < 4.78 is 55.8. The largest absolute Gasteiger partial charge is 0.501 e. The quantitative estimate of drug-likeness (QED) is 0.123. The zero-order valence-electron chi connectivity index (χ0n) is 36.5. The van der Waals surface area contributed by atoms with E-state index in [0.717, 1.165) is 49.5 Å². The Hall–Kier alpha value is -4.15. The standard InChI is InChI=1S/C27H22NO.C19H26NSi.Ir/c1-17(2)24-15-25(28-16-18(24)3)23-11-7-10-22-21-13-12-20(14-26(21)29-27(22)23)19-8-5-4-6-9-19;1-19(2,3)13-16-12-17(15-10-8-7-9-11-15)20-14-18(16)21(4,5)6;/h4-10,12-17H,1-3H3;7-10,12,14H,13H2,1-6H3;/q2*-1;/i3D3,17D;13D2;. The topological polar surface area (TPSA) is 38.9 Å². The fourth-order valence-corrected chi connectivity index (χ4v) is 7.40. The van der Waals surface area contributed by atoms with Crippen LogP contribution in [0.3, 0.4) is 0 Å².